The van der Waals surface area contributed by atoms with Crippen LogP contribution in [0.5, 0.6) is 0 Å². The van der Waals surface area contributed by atoms with Crippen LogP contribution in [0.4, 0.5) is 0 Å². The van der Waals surface area contributed by atoms with Gasteiger partial charge in [0, 0.05) is 12.1 Å². The molecule has 1 amide bonds. The summed E-state index contributed by atoms with van der Waals surface area (Å²) < 4.78 is 38.6. The molecule has 2 aromatic heterocycles. The molecule has 1 unspecified atom stereocenters. The number of ether oxygens (including phenoxy) is 2. The molecule has 1 fully saturated rings. The fraction of sp³-hybridized carbons (Fsp3) is 0.400. The van der Waals surface area contributed by atoms with Crippen LogP contribution in [0.25, 0.3) is 10.2 Å². The second-order valence-corrected chi connectivity index (χ2v) is 12.0. The topological polar surface area (TPSA) is 119 Å². The Labute approximate surface area is 209 Å². The van der Waals surface area contributed by atoms with Crippen molar-refractivity contribution in [3.63, 3.8) is 0 Å². The number of esters is 1. The third-order valence-corrected chi connectivity index (χ3v) is 9.65. The molecule has 1 saturated heterocycles. The highest BCUT2D eigenvalue weighted by Crippen LogP contribution is 2.31. The molecule has 1 aromatic carbocycles. The second-order valence-electron chi connectivity index (χ2n) is 7.34. The number of aryl methyl sites for hydroxylation is 1. The molecule has 182 valence electrons. The van der Waals surface area contributed by atoms with Crippen LogP contribution in [-0.2, 0) is 30.8 Å². The molecule has 1 atom stereocenters. The van der Waals surface area contributed by atoms with Crippen LogP contribution in [0.1, 0.15) is 27.3 Å². The molecule has 34 heavy (non-hydrogen) atoms. The van der Waals surface area contributed by atoms with Crippen LogP contribution in [0.3, 0.4) is 0 Å². The van der Waals surface area contributed by atoms with Gasteiger partial charge in [0.25, 0.3) is 10.0 Å². The molecule has 4 rings (SSSR count). The summed E-state index contributed by atoms with van der Waals surface area (Å²) in [5, 5.41) is 1.00. The summed E-state index contributed by atoms with van der Waals surface area (Å²) in [5.74, 6) is -0.914. The Hall–Kier alpha value is -2.16. The number of carbonyl (C=O) groups is 2. The van der Waals surface area contributed by atoms with Gasteiger partial charge in [-0.05, 0) is 32.0 Å². The van der Waals surface area contributed by atoms with Gasteiger partial charge in [0.1, 0.15) is 16.1 Å². The predicted molar refractivity (Wildman–Crippen MR) is 128 cm³/mol. The smallest absolute Gasteiger partial charge is 0.350 e. The van der Waals surface area contributed by atoms with Crippen molar-refractivity contribution < 1.29 is 27.5 Å². The molecule has 14 heteroatoms. The fourth-order valence-corrected chi connectivity index (χ4v) is 7.44. The van der Waals surface area contributed by atoms with Crippen LogP contribution >= 0.6 is 34.3 Å². The summed E-state index contributed by atoms with van der Waals surface area (Å²) in [6.45, 7) is 3.29. The predicted octanol–water partition coefficient (Wildman–Crippen LogP) is 2.90. The van der Waals surface area contributed by atoms with E-state index in [0.29, 0.717) is 30.8 Å². The van der Waals surface area contributed by atoms with E-state index >= 15 is 0 Å². The Bertz CT molecular complexity index is 1360. The molecule has 0 saturated carbocycles. The van der Waals surface area contributed by atoms with Crippen LogP contribution in [0, 0.1) is 6.92 Å². The van der Waals surface area contributed by atoms with Gasteiger partial charge in [-0.2, -0.15) is 4.31 Å². The first-order chi connectivity index (χ1) is 16.1. The minimum absolute atomic E-state index is 0.0731. The SMILES string of the molecule is CCOC(=O)c1sc(CN2C(=O)CN(S(=O)(=O)c3nc4ccc(Cl)cc4s3)CC2OC)nc1C. The Kier molecular flexibility index (Phi) is 7.22. The average molecular weight is 545 g/mol. The zero-order chi connectivity index (χ0) is 24.6. The number of aromatic nitrogens is 2. The monoisotopic (exact) mass is 544 g/mol. The highest BCUT2D eigenvalue weighted by atomic mass is 35.5. The lowest BCUT2D eigenvalue weighted by molar-refractivity contribution is -0.153. The van der Waals surface area contributed by atoms with E-state index in [1.54, 1.807) is 32.0 Å². The van der Waals surface area contributed by atoms with Crippen molar-refractivity contribution >= 4 is 66.4 Å². The minimum atomic E-state index is -4.03. The Balaban J connectivity index is 1.54. The quantitative estimate of drug-likeness (QED) is 0.416. The first kappa shape index (κ1) is 24.9. The fourth-order valence-electron chi connectivity index (χ4n) is 3.46. The van der Waals surface area contributed by atoms with E-state index in [4.69, 9.17) is 21.1 Å². The zero-order valence-corrected chi connectivity index (χ0v) is 21.7. The van der Waals surface area contributed by atoms with E-state index in [1.807, 2.05) is 0 Å². The minimum Gasteiger partial charge on any atom is -0.462 e. The number of rotatable bonds is 7. The molecule has 0 spiro atoms. The maximum atomic E-state index is 13.3. The lowest BCUT2D eigenvalue weighted by Crippen LogP contribution is -2.57. The Morgan fingerprint density at radius 1 is 1.29 bits per heavy atom. The van der Waals surface area contributed by atoms with Crippen LogP contribution < -0.4 is 0 Å². The molecule has 10 nitrogen and oxygen atoms in total. The van der Waals surface area contributed by atoms with Gasteiger partial charge in [-0.25, -0.2) is 23.2 Å². The number of benzene rings is 1. The third-order valence-electron chi connectivity index (χ3n) is 5.11. The van der Waals surface area contributed by atoms with Crippen LogP contribution in [0.2, 0.25) is 5.02 Å². The lowest BCUT2D eigenvalue weighted by Gasteiger charge is -2.38. The lowest BCUT2D eigenvalue weighted by atomic mass is 10.3. The normalized spacial score (nSPS) is 17.5. The molecule has 0 bridgehead atoms. The number of hydrogen-bond donors (Lipinski definition) is 0. The van der Waals surface area contributed by atoms with Gasteiger partial charge in [-0.15, -0.1) is 22.7 Å². The molecule has 0 aliphatic carbocycles. The molecular weight excluding hydrogens is 524 g/mol. The molecule has 3 heterocycles. The number of amides is 1. The number of hydrogen-bond acceptors (Lipinski definition) is 10. The number of thiazole rings is 2. The van der Waals surface area contributed by atoms with Gasteiger partial charge >= 0.3 is 5.97 Å². The van der Waals surface area contributed by atoms with Gasteiger partial charge in [0.2, 0.25) is 10.2 Å². The van der Waals surface area contributed by atoms with Crippen molar-refractivity contribution in [1.29, 1.82) is 0 Å². The van der Waals surface area contributed by atoms with Crippen molar-refractivity contribution in [2.45, 2.75) is 31.0 Å². The van der Waals surface area contributed by atoms with Crippen molar-refractivity contribution in [3.05, 3.63) is 38.8 Å². The maximum Gasteiger partial charge on any atom is 0.350 e. The third kappa shape index (κ3) is 4.81. The van der Waals surface area contributed by atoms with E-state index < -0.39 is 28.1 Å². The molecular formula is C20H21ClN4O6S3. The van der Waals surface area contributed by atoms with Crippen molar-refractivity contribution in [2.75, 3.05) is 26.8 Å². The van der Waals surface area contributed by atoms with Crippen LogP contribution in [-0.4, -0.2) is 72.5 Å². The summed E-state index contributed by atoms with van der Waals surface area (Å²) in [4.78, 5) is 35.5. The number of carbonyl (C=O) groups excluding carboxylic acids is 2. The summed E-state index contributed by atoms with van der Waals surface area (Å²) >= 11 is 8.13. The van der Waals surface area contributed by atoms with Gasteiger partial charge in [-0.1, -0.05) is 11.6 Å². The van der Waals surface area contributed by atoms with Crippen LogP contribution in [0.15, 0.2) is 22.5 Å². The molecule has 1 aliphatic rings. The van der Waals surface area contributed by atoms with E-state index in [1.165, 1.54) is 12.0 Å². The molecule has 0 N–H and O–H groups in total. The number of piperazine rings is 1. The standard InChI is InChI=1S/C20H21ClN4O6S3/c1-4-31-19(27)18-11(2)22-15(33-18)8-25-16(26)9-24(10-17(25)30-3)34(28,29)20-23-13-6-5-12(21)7-14(13)32-20/h5-7,17H,4,8-10H2,1-3H3. The first-order valence-corrected chi connectivity index (χ1v) is 13.6. The van der Waals surface area contributed by atoms with Crippen molar-refractivity contribution in [1.82, 2.24) is 19.2 Å². The van der Waals surface area contributed by atoms with Gasteiger partial charge in [0.05, 0.1) is 42.2 Å². The van der Waals surface area contributed by atoms with E-state index in [-0.39, 0.29) is 30.6 Å². The maximum absolute atomic E-state index is 13.3. The zero-order valence-electron chi connectivity index (χ0n) is 18.5. The number of methoxy groups -OCH3 is 1. The van der Waals surface area contributed by atoms with E-state index in [9.17, 15) is 18.0 Å². The Morgan fingerprint density at radius 2 is 2.06 bits per heavy atom. The van der Waals surface area contributed by atoms with E-state index in [2.05, 4.69) is 9.97 Å². The van der Waals surface area contributed by atoms with Gasteiger partial charge < -0.3 is 14.4 Å². The highest BCUT2D eigenvalue weighted by Gasteiger charge is 2.40. The molecule has 0 radical (unpaired) electrons. The second kappa shape index (κ2) is 9.84. The average Bonchev–Trinajstić information content (AvgIpc) is 3.38. The first-order valence-electron chi connectivity index (χ1n) is 10.2. The Morgan fingerprint density at radius 3 is 2.76 bits per heavy atom. The molecule has 3 aromatic rings. The number of halogens is 1. The van der Waals surface area contributed by atoms with Crippen molar-refractivity contribution in [3.8, 4) is 0 Å². The van der Waals surface area contributed by atoms with E-state index in [0.717, 1.165) is 27.0 Å². The van der Waals surface area contributed by atoms with Gasteiger partial charge in [0.15, 0.2) is 0 Å². The molecule has 1 aliphatic heterocycles. The number of nitrogens with zero attached hydrogens (tertiary/aromatic N) is 4. The summed E-state index contributed by atoms with van der Waals surface area (Å²) in [6, 6.07) is 4.93. The largest absolute Gasteiger partial charge is 0.462 e. The highest BCUT2D eigenvalue weighted by molar-refractivity contribution is 7.91. The van der Waals surface area contributed by atoms with Crippen molar-refractivity contribution in [2.24, 2.45) is 0 Å². The summed E-state index contributed by atoms with van der Waals surface area (Å²) in [6.07, 6.45) is -0.838. The number of sulfonamides is 1. The number of fused-ring (bicyclic) bond motifs is 1. The summed E-state index contributed by atoms with van der Waals surface area (Å²) in [5.41, 5.74) is 1.02. The summed E-state index contributed by atoms with van der Waals surface area (Å²) in [7, 11) is -2.63. The van der Waals surface area contributed by atoms with Gasteiger partial charge in [-0.3, -0.25) is 4.79 Å².